The van der Waals surface area contributed by atoms with E-state index in [2.05, 4.69) is 36.2 Å². The number of amides is 1. The fourth-order valence-corrected chi connectivity index (χ4v) is 5.10. The second kappa shape index (κ2) is 8.10. The van der Waals surface area contributed by atoms with E-state index in [-0.39, 0.29) is 11.8 Å². The molecular weight excluding hydrogens is 390 g/mol. The molecule has 1 atom stereocenters. The van der Waals surface area contributed by atoms with Crippen molar-refractivity contribution in [1.29, 1.82) is 0 Å². The predicted molar refractivity (Wildman–Crippen MR) is 117 cm³/mol. The van der Waals surface area contributed by atoms with Crippen molar-refractivity contribution in [2.24, 2.45) is 5.92 Å². The van der Waals surface area contributed by atoms with E-state index in [4.69, 9.17) is 16.6 Å². The average molecular weight is 414 g/mol. The number of aryl methyl sites for hydroxylation is 2. The molecule has 1 fully saturated rings. The molecular formula is C22H24ClN3OS. The molecule has 0 aliphatic carbocycles. The van der Waals surface area contributed by atoms with Crippen molar-refractivity contribution >= 4 is 44.2 Å². The number of piperidine rings is 1. The van der Waals surface area contributed by atoms with Gasteiger partial charge in [-0.15, -0.1) is 0 Å². The highest BCUT2D eigenvalue weighted by molar-refractivity contribution is 7.22. The third-order valence-electron chi connectivity index (χ3n) is 5.26. The van der Waals surface area contributed by atoms with Gasteiger partial charge in [-0.05, 0) is 61.6 Å². The van der Waals surface area contributed by atoms with Gasteiger partial charge in [0.2, 0.25) is 5.91 Å². The molecule has 1 amide bonds. The summed E-state index contributed by atoms with van der Waals surface area (Å²) in [5.74, 6) is 0.115. The molecule has 0 saturated carbocycles. The molecule has 2 aromatic carbocycles. The summed E-state index contributed by atoms with van der Waals surface area (Å²) in [5.41, 5.74) is 4.62. The standard InChI is InChI=1S/C22H24ClN3OS/c1-14-10-15(2)20-19(11-14)28-22(25-20)26-9-3-4-17(13-26)21(27)24-12-16-5-7-18(23)8-6-16/h5-8,10-11,17H,3-4,9,12-13H2,1-2H3,(H,24,27)/t17-/m0/s1. The number of carbonyl (C=O) groups excluding carboxylic acids is 1. The Balaban J connectivity index is 1.43. The number of fused-ring (bicyclic) bond motifs is 1. The normalized spacial score (nSPS) is 17.1. The van der Waals surface area contributed by atoms with Crippen LogP contribution in [0.2, 0.25) is 5.02 Å². The van der Waals surface area contributed by atoms with Gasteiger partial charge >= 0.3 is 0 Å². The summed E-state index contributed by atoms with van der Waals surface area (Å²) >= 11 is 7.65. The van der Waals surface area contributed by atoms with Gasteiger partial charge in [0.05, 0.1) is 16.1 Å². The molecule has 1 aliphatic heterocycles. The molecule has 6 heteroatoms. The number of carbonyl (C=O) groups is 1. The van der Waals surface area contributed by atoms with E-state index in [9.17, 15) is 4.79 Å². The molecule has 3 aromatic rings. The first-order chi connectivity index (χ1) is 13.5. The number of benzene rings is 2. The van der Waals surface area contributed by atoms with Crippen LogP contribution in [0.3, 0.4) is 0 Å². The second-order valence-electron chi connectivity index (χ2n) is 7.55. The van der Waals surface area contributed by atoms with Crippen molar-refractivity contribution in [2.45, 2.75) is 33.2 Å². The fourth-order valence-electron chi connectivity index (χ4n) is 3.79. The Morgan fingerprint density at radius 3 is 2.86 bits per heavy atom. The lowest BCUT2D eigenvalue weighted by Gasteiger charge is -2.31. The van der Waals surface area contributed by atoms with Crippen molar-refractivity contribution in [2.75, 3.05) is 18.0 Å². The van der Waals surface area contributed by atoms with Gasteiger partial charge in [-0.25, -0.2) is 4.98 Å². The fraction of sp³-hybridized carbons (Fsp3) is 0.364. The van der Waals surface area contributed by atoms with Crippen LogP contribution in [0, 0.1) is 19.8 Å². The van der Waals surface area contributed by atoms with E-state index in [0.717, 1.165) is 42.1 Å². The molecule has 0 radical (unpaired) electrons. The van der Waals surface area contributed by atoms with Gasteiger partial charge in [-0.3, -0.25) is 4.79 Å². The van der Waals surface area contributed by atoms with Crippen LogP contribution in [0.15, 0.2) is 36.4 Å². The van der Waals surface area contributed by atoms with Gasteiger partial charge in [-0.2, -0.15) is 0 Å². The smallest absolute Gasteiger partial charge is 0.225 e. The van der Waals surface area contributed by atoms with Gasteiger partial charge in [0.25, 0.3) is 0 Å². The first kappa shape index (κ1) is 19.2. The largest absolute Gasteiger partial charge is 0.352 e. The zero-order chi connectivity index (χ0) is 19.7. The predicted octanol–water partition coefficient (Wildman–Crippen LogP) is 5.10. The molecule has 1 saturated heterocycles. The number of halogens is 1. The van der Waals surface area contributed by atoms with Crippen LogP contribution in [-0.2, 0) is 11.3 Å². The lowest BCUT2D eigenvalue weighted by molar-refractivity contribution is -0.125. The molecule has 146 valence electrons. The SMILES string of the molecule is Cc1cc(C)c2nc(N3CCC[C@H](C(=O)NCc4ccc(Cl)cc4)C3)sc2c1. The monoisotopic (exact) mass is 413 g/mol. The Bertz CT molecular complexity index is 999. The highest BCUT2D eigenvalue weighted by Crippen LogP contribution is 2.33. The summed E-state index contributed by atoms with van der Waals surface area (Å²) < 4.78 is 1.22. The van der Waals surface area contributed by atoms with E-state index in [0.29, 0.717) is 11.6 Å². The molecule has 4 rings (SSSR count). The Hall–Kier alpha value is -2.11. The molecule has 1 N–H and O–H groups in total. The van der Waals surface area contributed by atoms with Crippen LogP contribution in [0.5, 0.6) is 0 Å². The summed E-state index contributed by atoms with van der Waals surface area (Å²) in [4.78, 5) is 19.9. The van der Waals surface area contributed by atoms with E-state index in [1.165, 1.54) is 15.8 Å². The summed E-state index contributed by atoms with van der Waals surface area (Å²) in [6, 6.07) is 12.0. The lowest BCUT2D eigenvalue weighted by Crippen LogP contribution is -2.42. The van der Waals surface area contributed by atoms with Crippen LogP contribution in [0.4, 0.5) is 5.13 Å². The van der Waals surface area contributed by atoms with Crippen LogP contribution in [0.1, 0.15) is 29.5 Å². The van der Waals surface area contributed by atoms with Gasteiger partial charge in [-0.1, -0.05) is 41.1 Å². The maximum atomic E-state index is 12.7. The highest BCUT2D eigenvalue weighted by atomic mass is 35.5. The van der Waals surface area contributed by atoms with Crippen molar-refractivity contribution in [1.82, 2.24) is 10.3 Å². The van der Waals surface area contributed by atoms with Crippen molar-refractivity contribution in [3.05, 3.63) is 58.1 Å². The van der Waals surface area contributed by atoms with Crippen LogP contribution in [0.25, 0.3) is 10.2 Å². The lowest BCUT2D eigenvalue weighted by atomic mass is 9.97. The number of rotatable bonds is 4. The van der Waals surface area contributed by atoms with Crippen molar-refractivity contribution in [3.8, 4) is 0 Å². The number of hydrogen-bond acceptors (Lipinski definition) is 4. The highest BCUT2D eigenvalue weighted by Gasteiger charge is 2.27. The van der Waals surface area contributed by atoms with E-state index >= 15 is 0 Å². The minimum atomic E-state index is -0.00380. The molecule has 1 aromatic heterocycles. The first-order valence-electron chi connectivity index (χ1n) is 9.64. The van der Waals surface area contributed by atoms with Gasteiger partial charge in [0.1, 0.15) is 0 Å². The summed E-state index contributed by atoms with van der Waals surface area (Å²) in [5, 5.41) is 4.81. The van der Waals surface area contributed by atoms with Crippen molar-refractivity contribution < 1.29 is 4.79 Å². The minimum absolute atomic E-state index is 0.00380. The van der Waals surface area contributed by atoms with Crippen LogP contribution in [-0.4, -0.2) is 24.0 Å². The topological polar surface area (TPSA) is 45.2 Å². The molecule has 2 heterocycles. The van der Waals surface area contributed by atoms with Crippen LogP contribution >= 0.6 is 22.9 Å². The Morgan fingerprint density at radius 2 is 2.07 bits per heavy atom. The number of hydrogen-bond donors (Lipinski definition) is 1. The van der Waals surface area contributed by atoms with Crippen molar-refractivity contribution in [3.63, 3.8) is 0 Å². The zero-order valence-electron chi connectivity index (χ0n) is 16.2. The summed E-state index contributed by atoms with van der Waals surface area (Å²) in [6.45, 7) is 6.45. The molecule has 0 unspecified atom stereocenters. The molecule has 28 heavy (non-hydrogen) atoms. The second-order valence-corrected chi connectivity index (χ2v) is 9.00. The quantitative estimate of drug-likeness (QED) is 0.647. The summed E-state index contributed by atoms with van der Waals surface area (Å²) in [6.07, 6.45) is 1.93. The number of thiazole rings is 1. The first-order valence-corrected chi connectivity index (χ1v) is 10.8. The number of anilines is 1. The maximum absolute atomic E-state index is 12.7. The minimum Gasteiger partial charge on any atom is -0.352 e. The van der Waals surface area contributed by atoms with E-state index in [1.807, 2.05) is 24.3 Å². The molecule has 0 spiro atoms. The van der Waals surface area contributed by atoms with Gasteiger partial charge < -0.3 is 10.2 Å². The maximum Gasteiger partial charge on any atom is 0.225 e. The Kier molecular flexibility index (Phi) is 5.56. The van der Waals surface area contributed by atoms with Gasteiger partial charge in [0, 0.05) is 24.7 Å². The zero-order valence-corrected chi connectivity index (χ0v) is 17.7. The van der Waals surface area contributed by atoms with Gasteiger partial charge in [0.15, 0.2) is 5.13 Å². The average Bonchev–Trinajstić information content (AvgIpc) is 3.12. The third kappa shape index (κ3) is 4.15. The number of nitrogens with zero attached hydrogens (tertiary/aromatic N) is 2. The molecule has 0 bridgehead atoms. The Morgan fingerprint density at radius 1 is 1.29 bits per heavy atom. The van der Waals surface area contributed by atoms with E-state index < -0.39 is 0 Å². The Labute approximate surface area is 174 Å². The number of aromatic nitrogens is 1. The molecule has 1 aliphatic rings. The van der Waals surface area contributed by atoms with Crippen LogP contribution < -0.4 is 10.2 Å². The van der Waals surface area contributed by atoms with E-state index in [1.54, 1.807) is 11.3 Å². The summed E-state index contributed by atoms with van der Waals surface area (Å²) in [7, 11) is 0. The molecule has 4 nitrogen and oxygen atoms in total. The third-order valence-corrected chi connectivity index (χ3v) is 6.58. The number of nitrogens with one attached hydrogen (secondary N) is 1.